The van der Waals surface area contributed by atoms with Crippen molar-refractivity contribution >= 4 is 11.9 Å². The Hall–Kier alpha value is -2.67. The van der Waals surface area contributed by atoms with Gasteiger partial charge in [0.2, 0.25) is 0 Å². The normalized spacial score (nSPS) is 12.0. The number of ether oxygens (including phenoxy) is 1. The fourth-order valence-electron chi connectivity index (χ4n) is 3.16. The number of nitrogens with zero attached hydrogens (tertiary/aromatic N) is 1. The maximum atomic E-state index is 13.2. The number of amides is 1. The van der Waals surface area contributed by atoms with Gasteiger partial charge >= 0.3 is 5.97 Å². The molecule has 2 rings (SSSR count). The summed E-state index contributed by atoms with van der Waals surface area (Å²) < 4.78 is 23.7. The van der Waals surface area contributed by atoms with Crippen molar-refractivity contribution in [2.45, 2.75) is 33.9 Å². The second kappa shape index (κ2) is 11.4. The summed E-state index contributed by atoms with van der Waals surface area (Å²) in [6, 6.07) is 9.66. The summed E-state index contributed by atoms with van der Waals surface area (Å²) in [5.74, 6) is 0.247. The van der Waals surface area contributed by atoms with Crippen LogP contribution in [0.25, 0.3) is 0 Å². The molecule has 1 N–H and O–H groups in total. The van der Waals surface area contributed by atoms with E-state index in [9.17, 15) is 14.0 Å². The van der Waals surface area contributed by atoms with Gasteiger partial charge in [0.1, 0.15) is 11.6 Å². The lowest BCUT2D eigenvalue weighted by Gasteiger charge is -2.25. The SMILES string of the molecule is CCOC(=O)C[NH+](CC(=O)N(Cc1ccc(F)cc1)Cc1ccco1)CC(C)C. The molecular weight excluding hydrogens is 375 g/mol. The molecule has 0 aliphatic rings. The van der Waals surface area contributed by atoms with Crippen LogP contribution in [0.1, 0.15) is 32.1 Å². The third-order valence-electron chi connectivity index (χ3n) is 4.36. The summed E-state index contributed by atoms with van der Waals surface area (Å²) in [6.07, 6.45) is 1.56. The van der Waals surface area contributed by atoms with Gasteiger partial charge in [-0.05, 0) is 36.8 Å². The minimum atomic E-state index is -0.320. The maximum absolute atomic E-state index is 13.2. The number of halogens is 1. The van der Waals surface area contributed by atoms with Gasteiger partial charge in [-0.3, -0.25) is 4.79 Å². The van der Waals surface area contributed by atoms with E-state index in [0.29, 0.717) is 37.9 Å². The largest absolute Gasteiger partial charge is 0.467 e. The number of furan rings is 1. The monoisotopic (exact) mass is 405 g/mol. The predicted molar refractivity (Wildman–Crippen MR) is 106 cm³/mol. The van der Waals surface area contributed by atoms with E-state index in [0.717, 1.165) is 10.5 Å². The third-order valence-corrected chi connectivity index (χ3v) is 4.36. The van der Waals surface area contributed by atoms with Crippen molar-refractivity contribution in [2.75, 3.05) is 26.2 Å². The minimum Gasteiger partial charge on any atom is -0.467 e. The van der Waals surface area contributed by atoms with Crippen LogP contribution >= 0.6 is 0 Å². The summed E-state index contributed by atoms with van der Waals surface area (Å²) in [5.41, 5.74) is 0.821. The van der Waals surface area contributed by atoms with E-state index in [1.807, 2.05) is 6.07 Å². The highest BCUT2D eigenvalue weighted by Crippen LogP contribution is 2.11. The zero-order chi connectivity index (χ0) is 21.2. The van der Waals surface area contributed by atoms with E-state index in [4.69, 9.17) is 9.15 Å². The van der Waals surface area contributed by atoms with Crippen LogP contribution in [-0.4, -0.2) is 43.0 Å². The molecule has 0 bridgehead atoms. The van der Waals surface area contributed by atoms with Crippen molar-refractivity contribution in [2.24, 2.45) is 5.92 Å². The Morgan fingerprint density at radius 1 is 1.14 bits per heavy atom. The molecule has 1 aromatic carbocycles. The minimum absolute atomic E-state index is 0.106. The second-order valence-corrected chi connectivity index (χ2v) is 7.46. The fourth-order valence-corrected chi connectivity index (χ4v) is 3.16. The quantitative estimate of drug-likeness (QED) is 0.581. The van der Waals surface area contributed by atoms with Gasteiger partial charge in [0, 0.05) is 12.5 Å². The third kappa shape index (κ3) is 8.07. The van der Waals surface area contributed by atoms with Crippen molar-refractivity contribution < 1.29 is 28.0 Å². The Morgan fingerprint density at radius 2 is 1.86 bits per heavy atom. The first kappa shape index (κ1) is 22.6. The number of benzene rings is 1. The molecule has 0 spiro atoms. The first-order valence-corrected chi connectivity index (χ1v) is 9.91. The number of rotatable bonds is 11. The molecule has 1 aromatic heterocycles. The number of carbonyl (C=O) groups is 2. The lowest BCUT2D eigenvalue weighted by atomic mass is 10.2. The number of carbonyl (C=O) groups excluding carboxylic acids is 2. The van der Waals surface area contributed by atoms with Gasteiger partial charge in [0.25, 0.3) is 5.91 Å². The lowest BCUT2D eigenvalue weighted by molar-refractivity contribution is -0.888. The summed E-state index contributed by atoms with van der Waals surface area (Å²) in [7, 11) is 0. The smallest absolute Gasteiger partial charge is 0.361 e. The van der Waals surface area contributed by atoms with Gasteiger partial charge in [-0.2, -0.15) is 0 Å². The molecule has 0 radical (unpaired) electrons. The molecule has 29 heavy (non-hydrogen) atoms. The standard InChI is InChI=1S/C22H29FN2O4/c1-4-28-22(27)16-24(12-17(2)3)15-21(26)25(14-20-6-5-11-29-20)13-18-7-9-19(23)10-8-18/h5-11,17H,4,12-16H2,1-3H3/p+1. The molecule has 1 unspecified atom stereocenters. The van der Waals surface area contributed by atoms with Gasteiger partial charge in [0.05, 0.1) is 26.0 Å². The van der Waals surface area contributed by atoms with Gasteiger partial charge in [0.15, 0.2) is 13.1 Å². The van der Waals surface area contributed by atoms with Gasteiger partial charge in [-0.1, -0.05) is 26.0 Å². The van der Waals surface area contributed by atoms with Crippen LogP contribution in [0.15, 0.2) is 47.1 Å². The molecule has 0 fully saturated rings. The summed E-state index contributed by atoms with van der Waals surface area (Å²) in [6.45, 7) is 7.79. The number of quaternary nitrogens is 1. The highest BCUT2D eigenvalue weighted by atomic mass is 19.1. The molecular formula is C22H30FN2O4+. The molecule has 1 amide bonds. The summed E-state index contributed by atoms with van der Waals surface area (Å²) >= 11 is 0. The van der Waals surface area contributed by atoms with Crippen LogP contribution in [0, 0.1) is 11.7 Å². The second-order valence-electron chi connectivity index (χ2n) is 7.46. The Kier molecular flexibility index (Phi) is 8.86. The zero-order valence-electron chi connectivity index (χ0n) is 17.3. The lowest BCUT2D eigenvalue weighted by Crippen LogP contribution is -3.14. The topological polar surface area (TPSA) is 64.2 Å². The van der Waals surface area contributed by atoms with E-state index in [1.165, 1.54) is 12.1 Å². The Labute approximate surface area is 171 Å². The number of esters is 1. The molecule has 0 aliphatic carbocycles. The fraction of sp³-hybridized carbons (Fsp3) is 0.455. The highest BCUT2D eigenvalue weighted by Gasteiger charge is 2.24. The average Bonchev–Trinajstić information content (AvgIpc) is 3.15. The van der Waals surface area contributed by atoms with Crippen molar-refractivity contribution in [3.63, 3.8) is 0 Å². The average molecular weight is 405 g/mol. The number of nitrogens with one attached hydrogen (secondary N) is 1. The van der Waals surface area contributed by atoms with Gasteiger partial charge in [-0.25, -0.2) is 9.18 Å². The van der Waals surface area contributed by atoms with Crippen LogP contribution in [0.2, 0.25) is 0 Å². The van der Waals surface area contributed by atoms with Crippen LogP contribution in [0.3, 0.4) is 0 Å². The van der Waals surface area contributed by atoms with Crippen LogP contribution < -0.4 is 4.90 Å². The highest BCUT2D eigenvalue weighted by molar-refractivity contribution is 5.77. The molecule has 158 valence electrons. The molecule has 0 aliphatic heterocycles. The van der Waals surface area contributed by atoms with Crippen molar-refractivity contribution in [1.29, 1.82) is 0 Å². The molecule has 6 nitrogen and oxygen atoms in total. The summed E-state index contributed by atoms with van der Waals surface area (Å²) in [5, 5.41) is 0. The van der Waals surface area contributed by atoms with Crippen LogP contribution in [0.5, 0.6) is 0 Å². The van der Waals surface area contributed by atoms with E-state index < -0.39 is 0 Å². The van der Waals surface area contributed by atoms with E-state index in [-0.39, 0.29) is 30.8 Å². The maximum Gasteiger partial charge on any atom is 0.361 e. The molecule has 7 heteroatoms. The zero-order valence-corrected chi connectivity index (χ0v) is 17.3. The molecule has 0 saturated heterocycles. The Balaban J connectivity index is 2.12. The van der Waals surface area contributed by atoms with Crippen LogP contribution in [-0.2, 0) is 27.4 Å². The molecule has 1 atom stereocenters. The summed E-state index contributed by atoms with van der Waals surface area (Å²) in [4.78, 5) is 27.6. The van der Waals surface area contributed by atoms with E-state index in [1.54, 1.807) is 36.3 Å². The number of hydrogen-bond acceptors (Lipinski definition) is 4. The van der Waals surface area contributed by atoms with Crippen molar-refractivity contribution in [3.8, 4) is 0 Å². The van der Waals surface area contributed by atoms with Gasteiger partial charge < -0.3 is 19.0 Å². The van der Waals surface area contributed by atoms with Crippen molar-refractivity contribution in [3.05, 3.63) is 59.8 Å². The van der Waals surface area contributed by atoms with E-state index >= 15 is 0 Å². The Morgan fingerprint density at radius 3 is 2.45 bits per heavy atom. The first-order valence-electron chi connectivity index (χ1n) is 9.91. The molecule has 1 heterocycles. The number of hydrogen-bond donors (Lipinski definition) is 1. The molecule has 2 aromatic rings. The Bertz CT molecular complexity index is 760. The molecule has 0 saturated carbocycles. The predicted octanol–water partition coefficient (Wildman–Crippen LogP) is 2.05. The first-order chi connectivity index (χ1) is 13.9. The van der Waals surface area contributed by atoms with Crippen molar-refractivity contribution in [1.82, 2.24) is 4.90 Å². The van der Waals surface area contributed by atoms with E-state index in [2.05, 4.69) is 13.8 Å². The van der Waals surface area contributed by atoms with Gasteiger partial charge in [-0.15, -0.1) is 0 Å². The van der Waals surface area contributed by atoms with Crippen LogP contribution in [0.4, 0.5) is 4.39 Å².